The fourth-order valence-corrected chi connectivity index (χ4v) is 4.58. The van der Waals surface area contributed by atoms with E-state index in [4.69, 9.17) is 9.47 Å². The van der Waals surface area contributed by atoms with Crippen LogP contribution in [0.2, 0.25) is 0 Å². The second-order valence-corrected chi connectivity index (χ2v) is 8.94. The summed E-state index contributed by atoms with van der Waals surface area (Å²) < 4.78 is 11.0. The van der Waals surface area contributed by atoms with Crippen molar-refractivity contribution >= 4 is 23.0 Å². The van der Waals surface area contributed by atoms with E-state index in [-0.39, 0.29) is 24.0 Å². The van der Waals surface area contributed by atoms with E-state index < -0.39 is 17.7 Å². The van der Waals surface area contributed by atoms with E-state index in [0.717, 1.165) is 5.56 Å². The van der Waals surface area contributed by atoms with Gasteiger partial charge in [0.2, 0.25) is 5.78 Å². The average Bonchev–Trinajstić information content (AvgIpc) is 3.43. The molecule has 6 nitrogen and oxygen atoms in total. The van der Waals surface area contributed by atoms with Crippen molar-refractivity contribution < 1.29 is 24.2 Å². The SMILES string of the molecule is COc1cccc(CN2C(=O)C(O)=C(C(=O)c3cccs3)C2c2ccc(OC(C)C)cc2)c1. The lowest BCUT2D eigenvalue weighted by Gasteiger charge is -2.27. The topological polar surface area (TPSA) is 76.1 Å². The number of Topliss-reactive ketones (excluding diaryl/α,β-unsaturated/α-hetero) is 1. The maximum absolute atomic E-state index is 13.3. The van der Waals surface area contributed by atoms with Crippen LogP contribution in [0.25, 0.3) is 0 Å². The smallest absolute Gasteiger partial charge is 0.290 e. The lowest BCUT2D eigenvalue weighted by atomic mass is 9.95. The molecule has 0 radical (unpaired) electrons. The van der Waals surface area contributed by atoms with E-state index in [2.05, 4.69) is 0 Å². The molecule has 4 rings (SSSR count). The number of rotatable bonds is 8. The Balaban J connectivity index is 1.75. The molecule has 1 aliphatic rings. The number of aliphatic hydroxyl groups is 1. The number of ketones is 1. The van der Waals surface area contributed by atoms with E-state index in [1.807, 2.05) is 62.4 Å². The van der Waals surface area contributed by atoms with E-state index in [0.29, 0.717) is 21.9 Å². The maximum atomic E-state index is 13.3. The second kappa shape index (κ2) is 9.50. The molecular weight excluding hydrogens is 438 g/mol. The van der Waals surface area contributed by atoms with Gasteiger partial charge in [0.25, 0.3) is 5.91 Å². The van der Waals surface area contributed by atoms with E-state index in [1.54, 1.807) is 24.6 Å². The molecule has 0 saturated carbocycles. The molecule has 7 heteroatoms. The fraction of sp³-hybridized carbons (Fsp3) is 0.231. The van der Waals surface area contributed by atoms with Gasteiger partial charge in [-0.25, -0.2) is 0 Å². The molecule has 1 N–H and O–H groups in total. The molecule has 1 unspecified atom stereocenters. The number of aliphatic hydroxyl groups excluding tert-OH is 1. The fourth-order valence-electron chi connectivity index (χ4n) is 3.90. The minimum absolute atomic E-state index is 0.0216. The molecule has 0 bridgehead atoms. The number of amides is 1. The van der Waals surface area contributed by atoms with Gasteiger partial charge in [0.05, 0.1) is 29.7 Å². The molecule has 33 heavy (non-hydrogen) atoms. The van der Waals surface area contributed by atoms with Crippen molar-refractivity contribution in [1.82, 2.24) is 4.90 Å². The molecule has 0 spiro atoms. The van der Waals surface area contributed by atoms with Crippen molar-refractivity contribution in [2.24, 2.45) is 0 Å². The molecule has 3 aromatic rings. The molecule has 0 fully saturated rings. The van der Waals surface area contributed by atoms with Crippen LogP contribution in [0.5, 0.6) is 11.5 Å². The summed E-state index contributed by atoms with van der Waals surface area (Å²) in [5.74, 6) is -0.0831. The predicted molar refractivity (Wildman–Crippen MR) is 127 cm³/mol. The van der Waals surface area contributed by atoms with Crippen LogP contribution in [-0.4, -0.2) is 34.9 Å². The van der Waals surface area contributed by atoms with Crippen LogP contribution in [0.1, 0.15) is 40.7 Å². The summed E-state index contributed by atoms with van der Waals surface area (Å²) in [4.78, 5) is 28.5. The van der Waals surface area contributed by atoms with Gasteiger partial charge in [0.15, 0.2) is 5.76 Å². The molecule has 1 aromatic heterocycles. The normalized spacial score (nSPS) is 15.9. The van der Waals surface area contributed by atoms with Gasteiger partial charge in [-0.1, -0.05) is 30.3 Å². The monoisotopic (exact) mass is 463 g/mol. The molecular formula is C26H25NO5S. The molecule has 1 atom stereocenters. The van der Waals surface area contributed by atoms with Crippen molar-refractivity contribution in [2.45, 2.75) is 32.5 Å². The number of methoxy groups -OCH3 is 1. The Morgan fingerprint density at radius 1 is 1.09 bits per heavy atom. The van der Waals surface area contributed by atoms with Gasteiger partial charge < -0.3 is 19.5 Å². The lowest BCUT2D eigenvalue weighted by molar-refractivity contribution is -0.130. The molecule has 0 aliphatic carbocycles. The number of nitrogens with zero attached hydrogens (tertiary/aromatic N) is 1. The van der Waals surface area contributed by atoms with Gasteiger partial charge >= 0.3 is 0 Å². The van der Waals surface area contributed by atoms with Crippen LogP contribution >= 0.6 is 11.3 Å². The Morgan fingerprint density at radius 3 is 2.48 bits per heavy atom. The highest BCUT2D eigenvalue weighted by Crippen LogP contribution is 2.41. The van der Waals surface area contributed by atoms with Crippen LogP contribution in [0, 0.1) is 0 Å². The van der Waals surface area contributed by atoms with Crippen molar-refractivity contribution in [3.05, 3.63) is 93.4 Å². The highest BCUT2D eigenvalue weighted by molar-refractivity contribution is 7.12. The predicted octanol–water partition coefficient (Wildman–Crippen LogP) is 5.32. The molecule has 2 heterocycles. The largest absolute Gasteiger partial charge is 0.503 e. The molecule has 170 valence electrons. The first-order valence-electron chi connectivity index (χ1n) is 10.6. The number of hydrogen-bond acceptors (Lipinski definition) is 6. The Morgan fingerprint density at radius 2 is 1.85 bits per heavy atom. The average molecular weight is 464 g/mol. The van der Waals surface area contributed by atoms with Crippen molar-refractivity contribution in [2.75, 3.05) is 7.11 Å². The van der Waals surface area contributed by atoms with Gasteiger partial charge in [-0.2, -0.15) is 0 Å². The zero-order valence-electron chi connectivity index (χ0n) is 18.6. The highest BCUT2D eigenvalue weighted by atomic mass is 32.1. The first-order valence-corrected chi connectivity index (χ1v) is 11.5. The van der Waals surface area contributed by atoms with Crippen molar-refractivity contribution in [1.29, 1.82) is 0 Å². The zero-order chi connectivity index (χ0) is 23.5. The highest BCUT2D eigenvalue weighted by Gasteiger charge is 2.44. The Kier molecular flexibility index (Phi) is 6.51. The Hall–Kier alpha value is -3.58. The van der Waals surface area contributed by atoms with Crippen LogP contribution < -0.4 is 9.47 Å². The number of ether oxygens (including phenoxy) is 2. The number of thiophene rings is 1. The van der Waals surface area contributed by atoms with E-state index in [9.17, 15) is 14.7 Å². The summed E-state index contributed by atoms with van der Waals surface area (Å²) in [5.41, 5.74) is 1.62. The summed E-state index contributed by atoms with van der Waals surface area (Å²) in [6, 6.07) is 17.4. The first kappa shape index (κ1) is 22.6. The van der Waals surface area contributed by atoms with Crippen molar-refractivity contribution in [3.8, 4) is 11.5 Å². The molecule has 1 amide bonds. The summed E-state index contributed by atoms with van der Waals surface area (Å²) in [6.07, 6.45) is 0.0216. The van der Waals surface area contributed by atoms with Gasteiger partial charge in [0.1, 0.15) is 11.5 Å². The number of carbonyl (C=O) groups excluding carboxylic acids is 2. The third-order valence-electron chi connectivity index (χ3n) is 5.35. The third-order valence-corrected chi connectivity index (χ3v) is 6.22. The third kappa shape index (κ3) is 4.64. The number of hydrogen-bond donors (Lipinski definition) is 1. The Bertz CT molecular complexity index is 1180. The Labute approximate surface area is 196 Å². The maximum Gasteiger partial charge on any atom is 0.290 e. The van der Waals surface area contributed by atoms with Gasteiger partial charge in [-0.15, -0.1) is 11.3 Å². The molecule has 0 saturated heterocycles. The van der Waals surface area contributed by atoms with Crippen LogP contribution in [0.3, 0.4) is 0 Å². The molecule has 2 aromatic carbocycles. The summed E-state index contributed by atoms with van der Waals surface area (Å²) in [5, 5.41) is 12.6. The number of benzene rings is 2. The van der Waals surface area contributed by atoms with Crippen molar-refractivity contribution in [3.63, 3.8) is 0 Å². The second-order valence-electron chi connectivity index (χ2n) is 7.99. The number of carbonyl (C=O) groups is 2. The standard InChI is InChI=1S/C26H25NO5S/c1-16(2)32-19-11-9-18(10-12-19)23-22(24(28)21-8-5-13-33-21)25(29)26(30)27(23)15-17-6-4-7-20(14-17)31-3/h4-14,16,23,29H,15H2,1-3H3. The minimum Gasteiger partial charge on any atom is -0.503 e. The van der Waals surface area contributed by atoms with Gasteiger partial charge in [-0.05, 0) is 60.7 Å². The van der Waals surface area contributed by atoms with E-state index >= 15 is 0 Å². The first-order chi connectivity index (χ1) is 15.9. The van der Waals surface area contributed by atoms with Gasteiger partial charge in [0, 0.05) is 6.54 Å². The summed E-state index contributed by atoms with van der Waals surface area (Å²) in [7, 11) is 1.58. The minimum atomic E-state index is -0.730. The van der Waals surface area contributed by atoms with Gasteiger partial charge in [-0.3, -0.25) is 9.59 Å². The van der Waals surface area contributed by atoms with E-state index in [1.165, 1.54) is 16.2 Å². The summed E-state index contributed by atoms with van der Waals surface area (Å²) in [6.45, 7) is 4.09. The zero-order valence-corrected chi connectivity index (χ0v) is 19.5. The summed E-state index contributed by atoms with van der Waals surface area (Å²) >= 11 is 1.28. The lowest BCUT2D eigenvalue weighted by Crippen LogP contribution is -2.30. The quantitative estimate of drug-likeness (QED) is 0.458. The van der Waals surface area contributed by atoms with Crippen LogP contribution in [0.15, 0.2) is 77.4 Å². The van der Waals surface area contributed by atoms with Crippen LogP contribution in [0.4, 0.5) is 0 Å². The van der Waals surface area contributed by atoms with Crippen LogP contribution in [-0.2, 0) is 11.3 Å². The molecule has 1 aliphatic heterocycles.